The lowest BCUT2D eigenvalue weighted by Gasteiger charge is -2.49. The van der Waals surface area contributed by atoms with Crippen LogP contribution in [0.5, 0.6) is 5.75 Å². The largest absolute Gasteiger partial charge is 0.489 e. The van der Waals surface area contributed by atoms with Crippen molar-refractivity contribution in [3.8, 4) is 5.75 Å². The molecule has 0 aliphatic carbocycles. The number of piperidine rings is 1. The molecule has 3 amide bonds. The molecule has 2 fully saturated rings. The molecule has 206 valence electrons. The predicted octanol–water partition coefficient (Wildman–Crippen LogP) is 2.57. The number of carbonyl (C=O) groups is 2. The number of rotatable bonds is 7. The standard InChI is InChI=1S/C27H31N5O6S/c1-19-15-20(23-7-3-4-8-24(23)28-19)16-38-21-9-11-22(12-10-21)39(36,37)30-27(25(33)29-35)17-32(18-27)26(34)31-13-5-2-6-14-31/h3-4,7-12,15,30,35H,2,5-6,13-14,16-18H2,1H3,(H,29,33). The van der Waals surface area contributed by atoms with Crippen molar-refractivity contribution >= 4 is 32.9 Å². The Morgan fingerprint density at radius 2 is 1.72 bits per heavy atom. The van der Waals surface area contributed by atoms with E-state index in [0.717, 1.165) is 41.4 Å². The zero-order valence-corrected chi connectivity index (χ0v) is 22.4. The monoisotopic (exact) mass is 553 g/mol. The Morgan fingerprint density at radius 1 is 1.03 bits per heavy atom. The second-order valence-corrected chi connectivity index (χ2v) is 11.7. The van der Waals surface area contributed by atoms with Gasteiger partial charge in [0, 0.05) is 29.7 Å². The third-order valence-electron chi connectivity index (χ3n) is 7.14. The number of nitrogens with one attached hydrogen (secondary N) is 2. The van der Waals surface area contributed by atoms with Crippen LogP contribution in [0.15, 0.2) is 59.5 Å². The lowest BCUT2D eigenvalue weighted by atomic mass is 9.90. The quantitative estimate of drug-likeness (QED) is 0.302. The summed E-state index contributed by atoms with van der Waals surface area (Å²) in [4.78, 5) is 32.8. The van der Waals surface area contributed by atoms with Crippen LogP contribution in [0, 0.1) is 6.92 Å². The maximum Gasteiger partial charge on any atom is 0.320 e. The van der Waals surface area contributed by atoms with Crippen molar-refractivity contribution in [2.24, 2.45) is 0 Å². The summed E-state index contributed by atoms with van der Waals surface area (Å²) in [5.41, 5.74) is 2.57. The average molecular weight is 554 g/mol. The van der Waals surface area contributed by atoms with E-state index < -0.39 is 21.5 Å². The highest BCUT2D eigenvalue weighted by atomic mass is 32.2. The SMILES string of the molecule is Cc1cc(COc2ccc(S(=O)(=O)NC3(C(=O)NO)CN(C(=O)N4CCCCC4)C3)cc2)c2ccccc2n1. The van der Waals surface area contributed by atoms with Gasteiger partial charge in [0.25, 0.3) is 5.91 Å². The first-order chi connectivity index (χ1) is 18.7. The second kappa shape index (κ2) is 10.8. The Labute approximate surface area is 226 Å². The molecule has 39 heavy (non-hydrogen) atoms. The first-order valence-corrected chi connectivity index (χ1v) is 14.3. The van der Waals surface area contributed by atoms with E-state index in [0.29, 0.717) is 18.8 Å². The zero-order chi connectivity index (χ0) is 27.6. The van der Waals surface area contributed by atoms with Crippen LogP contribution >= 0.6 is 0 Å². The molecule has 2 aliphatic rings. The van der Waals surface area contributed by atoms with Gasteiger partial charge in [0.2, 0.25) is 10.0 Å². The highest BCUT2D eigenvalue weighted by Crippen LogP contribution is 2.28. The van der Waals surface area contributed by atoms with Gasteiger partial charge in [0.1, 0.15) is 17.9 Å². The molecule has 1 aromatic heterocycles. The number of nitrogens with zero attached hydrogens (tertiary/aromatic N) is 3. The summed E-state index contributed by atoms with van der Waals surface area (Å²) in [5.74, 6) is -0.453. The Hall–Kier alpha value is -3.74. The number of hydroxylamine groups is 1. The van der Waals surface area contributed by atoms with Crippen molar-refractivity contribution in [1.82, 2.24) is 25.0 Å². The Balaban J connectivity index is 1.26. The van der Waals surface area contributed by atoms with Gasteiger partial charge in [-0.3, -0.25) is 15.0 Å². The fourth-order valence-corrected chi connectivity index (χ4v) is 6.44. The number of benzene rings is 2. The third kappa shape index (κ3) is 5.54. The van der Waals surface area contributed by atoms with Gasteiger partial charge in [0.15, 0.2) is 0 Å². The van der Waals surface area contributed by atoms with Crippen LogP contribution in [0.3, 0.4) is 0 Å². The summed E-state index contributed by atoms with van der Waals surface area (Å²) >= 11 is 0. The molecule has 11 nitrogen and oxygen atoms in total. The number of pyridine rings is 1. The minimum atomic E-state index is -4.16. The Kier molecular flexibility index (Phi) is 7.43. The zero-order valence-electron chi connectivity index (χ0n) is 21.6. The number of aryl methyl sites for hydroxylation is 1. The molecule has 2 saturated heterocycles. The van der Waals surface area contributed by atoms with Gasteiger partial charge in [0.05, 0.1) is 23.5 Å². The van der Waals surface area contributed by atoms with E-state index in [-0.39, 0.29) is 30.6 Å². The number of likely N-dealkylation sites (tertiary alicyclic amines) is 2. The molecule has 0 bridgehead atoms. The fourth-order valence-electron chi connectivity index (χ4n) is 5.09. The first kappa shape index (κ1) is 26.9. The number of ether oxygens (including phenoxy) is 1. The maximum atomic E-state index is 13.2. The van der Waals surface area contributed by atoms with Crippen molar-refractivity contribution in [1.29, 1.82) is 0 Å². The molecule has 5 rings (SSSR count). The summed E-state index contributed by atoms with van der Waals surface area (Å²) in [6.45, 7) is 3.08. The minimum Gasteiger partial charge on any atom is -0.489 e. The lowest BCUT2D eigenvalue weighted by Crippen LogP contribution is -2.77. The molecule has 12 heteroatoms. The van der Waals surface area contributed by atoms with Crippen molar-refractivity contribution in [3.05, 3.63) is 65.9 Å². The normalized spacial score (nSPS) is 17.0. The van der Waals surface area contributed by atoms with Crippen LogP contribution in [-0.4, -0.2) is 72.1 Å². The molecule has 2 aromatic carbocycles. The minimum absolute atomic E-state index is 0.0778. The van der Waals surface area contributed by atoms with Crippen LogP contribution in [0.2, 0.25) is 0 Å². The first-order valence-electron chi connectivity index (χ1n) is 12.8. The highest BCUT2D eigenvalue weighted by molar-refractivity contribution is 7.89. The van der Waals surface area contributed by atoms with Crippen LogP contribution in [0.4, 0.5) is 4.79 Å². The summed E-state index contributed by atoms with van der Waals surface area (Å²) in [6, 6.07) is 15.3. The highest BCUT2D eigenvalue weighted by Gasteiger charge is 2.54. The van der Waals surface area contributed by atoms with Gasteiger partial charge in [-0.1, -0.05) is 18.2 Å². The van der Waals surface area contributed by atoms with Crippen LogP contribution in [0.25, 0.3) is 10.9 Å². The summed E-state index contributed by atoms with van der Waals surface area (Å²) in [5, 5.41) is 10.3. The molecule has 3 aromatic rings. The van der Waals surface area contributed by atoms with Crippen LogP contribution < -0.4 is 14.9 Å². The van der Waals surface area contributed by atoms with Crippen molar-refractivity contribution in [2.75, 3.05) is 26.2 Å². The molecular formula is C27H31N5O6S. The number of aromatic nitrogens is 1. The molecular weight excluding hydrogens is 522 g/mol. The Morgan fingerprint density at radius 3 is 2.41 bits per heavy atom. The lowest BCUT2D eigenvalue weighted by molar-refractivity contribution is -0.141. The van der Waals surface area contributed by atoms with Gasteiger partial charge in [-0.15, -0.1) is 0 Å². The van der Waals surface area contributed by atoms with Crippen LogP contribution in [-0.2, 0) is 21.4 Å². The van der Waals surface area contributed by atoms with Gasteiger partial charge < -0.3 is 14.5 Å². The fraction of sp³-hybridized carbons (Fsp3) is 0.370. The molecule has 0 radical (unpaired) electrons. The van der Waals surface area contributed by atoms with E-state index in [9.17, 15) is 23.2 Å². The van der Waals surface area contributed by atoms with E-state index in [1.165, 1.54) is 34.6 Å². The number of urea groups is 1. The number of hydrogen-bond donors (Lipinski definition) is 3. The second-order valence-electron chi connectivity index (χ2n) is 10.0. The van der Waals surface area contributed by atoms with E-state index >= 15 is 0 Å². The topological polar surface area (TPSA) is 141 Å². The number of fused-ring (bicyclic) bond motifs is 1. The Bertz CT molecular complexity index is 1480. The van der Waals surface area contributed by atoms with Gasteiger partial charge in [-0.2, -0.15) is 4.72 Å². The number of para-hydroxylation sites is 1. The number of hydrogen-bond acceptors (Lipinski definition) is 7. The number of amides is 3. The van der Waals surface area contributed by atoms with E-state index in [2.05, 4.69) is 9.71 Å². The summed E-state index contributed by atoms with van der Waals surface area (Å²) in [6.07, 6.45) is 2.88. The van der Waals surface area contributed by atoms with Gasteiger partial charge >= 0.3 is 6.03 Å². The van der Waals surface area contributed by atoms with E-state index in [1.54, 1.807) is 4.90 Å². The van der Waals surface area contributed by atoms with Crippen molar-refractivity contribution < 1.29 is 28.0 Å². The molecule has 3 heterocycles. The van der Waals surface area contributed by atoms with Crippen molar-refractivity contribution in [3.63, 3.8) is 0 Å². The van der Waals surface area contributed by atoms with Gasteiger partial charge in [-0.05, 0) is 62.6 Å². The molecule has 0 unspecified atom stereocenters. The molecule has 0 spiro atoms. The summed E-state index contributed by atoms with van der Waals surface area (Å²) < 4.78 is 34.7. The summed E-state index contributed by atoms with van der Waals surface area (Å²) in [7, 11) is -4.16. The average Bonchev–Trinajstić information content (AvgIpc) is 2.93. The number of carbonyl (C=O) groups excluding carboxylic acids is 2. The molecule has 0 saturated carbocycles. The van der Waals surface area contributed by atoms with Gasteiger partial charge in [-0.25, -0.2) is 18.7 Å². The maximum absolute atomic E-state index is 13.2. The van der Waals surface area contributed by atoms with E-state index in [1.807, 2.05) is 37.3 Å². The number of sulfonamides is 1. The molecule has 3 N–H and O–H groups in total. The van der Waals surface area contributed by atoms with Crippen LogP contribution in [0.1, 0.15) is 30.5 Å². The van der Waals surface area contributed by atoms with E-state index in [4.69, 9.17) is 4.74 Å². The third-order valence-corrected chi connectivity index (χ3v) is 8.70. The molecule has 0 atom stereocenters. The molecule has 2 aliphatic heterocycles. The predicted molar refractivity (Wildman–Crippen MR) is 143 cm³/mol. The smallest absolute Gasteiger partial charge is 0.320 e. The van der Waals surface area contributed by atoms with Crippen molar-refractivity contribution in [2.45, 2.75) is 43.2 Å².